The highest BCUT2D eigenvalue weighted by Crippen LogP contribution is 2.35. The molecule has 0 aliphatic rings. The van der Waals surface area contributed by atoms with Gasteiger partial charge >= 0.3 is 0 Å². The molecule has 0 bridgehead atoms. The molecule has 1 aromatic rings. The second kappa shape index (κ2) is 8.95. The minimum Gasteiger partial charge on any atom is -0.489 e. The fraction of sp³-hybridized carbons (Fsp3) is 0.571. The molecule has 19 heavy (non-hydrogen) atoms. The Bertz CT molecular complexity index is 376. The van der Waals surface area contributed by atoms with Crippen LogP contribution in [0.15, 0.2) is 21.1 Å². The third-order valence-electron chi connectivity index (χ3n) is 2.76. The summed E-state index contributed by atoms with van der Waals surface area (Å²) in [6.07, 6.45) is 1.84. The van der Waals surface area contributed by atoms with E-state index in [1.807, 2.05) is 6.92 Å². The van der Waals surface area contributed by atoms with Crippen molar-refractivity contribution in [2.75, 3.05) is 19.8 Å². The smallest absolute Gasteiger partial charge is 0.147 e. The van der Waals surface area contributed by atoms with E-state index in [-0.39, 0.29) is 6.04 Å². The molecule has 2 N–H and O–H groups in total. The molecule has 0 aliphatic carbocycles. The SMILES string of the molecule is CCOCCOc1c(Br)cc(CC(N)CC)cc1Br. The van der Waals surface area contributed by atoms with Gasteiger partial charge in [-0.15, -0.1) is 0 Å². The monoisotopic (exact) mass is 393 g/mol. The number of hydrogen-bond donors (Lipinski definition) is 1. The van der Waals surface area contributed by atoms with Crippen molar-refractivity contribution in [3.05, 3.63) is 26.6 Å². The van der Waals surface area contributed by atoms with Crippen LogP contribution in [-0.4, -0.2) is 25.9 Å². The number of nitrogens with two attached hydrogens (primary N) is 1. The third kappa shape index (κ3) is 5.81. The highest BCUT2D eigenvalue weighted by molar-refractivity contribution is 9.11. The second-order valence-corrected chi connectivity index (χ2v) is 6.02. The van der Waals surface area contributed by atoms with Gasteiger partial charge in [0.2, 0.25) is 0 Å². The first-order valence-electron chi connectivity index (χ1n) is 6.52. The van der Waals surface area contributed by atoms with Crippen molar-refractivity contribution < 1.29 is 9.47 Å². The Hall–Kier alpha value is -0.100. The van der Waals surface area contributed by atoms with E-state index in [1.165, 1.54) is 5.56 Å². The lowest BCUT2D eigenvalue weighted by atomic mass is 10.0. The van der Waals surface area contributed by atoms with Gasteiger partial charge in [0, 0.05) is 12.6 Å². The van der Waals surface area contributed by atoms with Crippen LogP contribution in [0.25, 0.3) is 0 Å². The molecular weight excluding hydrogens is 374 g/mol. The largest absolute Gasteiger partial charge is 0.489 e. The van der Waals surface area contributed by atoms with Gasteiger partial charge in [0.1, 0.15) is 12.4 Å². The van der Waals surface area contributed by atoms with Crippen LogP contribution in [0.1, 0.15) is 25.8 Å². The Morgan fingerprint density at radius 1 is 1.16 bits per heavy atom. The van der Waals surface area contributed by atoms with Crippen LogP contribution in [0.5, 0.6) is 5.75 Å². The van der Waals surface area contributed by atoms with Crippen LogP contribution in [0.3, 0.4) is 0 Å². The molecule has 0 saturated carbocycles. The van der Waals surface area contributed by atoms with Gasteiger partial charge in [0.15, 0.2) is 0 Å². The quantitative estimate of drug-likeness (QED) is 0.680. The normalized spacial score (nSPS) is 12.5. The number of benzene rings is 1. The highest BCUT2D eigenvalue weighted by Gasteiger charge is 2.10. The average molecular weight is 395 g/mol. The Kier molecular flexibility index (Phi) is 7.99. The zero-order valence-corrected chi connectivity index (χ0v) is 14.6. The fourth-order valence-electron chi connectivity index (χ4n) is 1.66. The summed E-state index contributed by atoms with van der Waals surface area (Å²) in [4.78, 5) is 0. The lowest BCUT2D eigenvalue weighted by Crippen LogP contribution is -2.21. The van der Waals surface area contributed by atoms with Crippen molar-refractivity contribution in [2.45, 2.75) is 32.7 Å². The number of hydrogen-bond acceptors (Lipinski definition) is 3. The van der Waals surface area contributed by atoms with Crippen molar-refractivity contribution >= 4 is 31.9 Å². The van der Waals surface area contributed by atoms with E-state index in [4.69, 9.17) is 15.2 Å². The predicted octanol–water partition coefficient (Wildman–Crippen LogP) is 3.91. The Morgan fingerprint density at radius 3 is 2.32 bits per heavy atom. The summed E-state index contributed by atoms with van der Waals surface area (Å²) < 4.78 is 12.8. The molecule has 0 aliphatic heterocycles. The molecule has 5 heteroatoms. The van der Waals surface area contributed by atoms with E-state index in [0.29, 0.717) is 19.8 Å². The van der Waals surface area contributed by atoms with Gasteiger partial charge in [0.05, 0.1) is 15.6 Å². The van der Waals surface area contributed by atoms with Gasteiger partial charge < -0.3 is 15.2 Å². The Labute approximate surface area is 132 Å². The number of halogens is 2. The van der Waals surface area contributed by atoms with Gasteiger partial charge in [-0.2, -0.15) is 0 Å². The van der Waals surface area contributed by atoms with Crippen LogP contribution in [-0.2, 0) is 11.2 Å². The highest BCUT2D eigenvalue weighted by atomic mass is 79.9. The van der Waals surface area contributed by atoms with Crippen LogP contribution in [0.4, 0.5) is 0 Å². The third-order valence-corrected chi connectivity index (χ3v) is 3.94. The number of ether oxygens (including phenoxy) is 2. The molecule has 3 nitrogen and oxygen atoms in total. The van der Waals surface area contributed by atoms with Crippen LogP contribution >= 0.6 is 31.9 Å². The molecule has 1 aromatic carbocycles. The van der Waals surface area contributed by atoms with Gasteiger partial charge in [-0.3, -0.25) is 0 Å². The maximum absolute atomic E-state index is 5.98. The number of rotatable bonds is 8. The predicted molar refractivity (Wildman–Crippen MR) is 85.8 cm³/mol. The zero-order chi connectivity index (χ0) is 14.3. The van der Waals surface area contributed by atoms with E-state index >= 15 is 0 Å². The fourth-order valence-corrected chi connectivity index (χ4v) is 3.17. The molecule has 0 spiro atoms. The van der Waals surface area contributed by atoms with Crippen molar-refractivity contribution in [1.82, 2.24) is 0 Å². The van der Waals surface area contributed by atoms with Crippen LogP contribution in [0.2, 0.25) is 0 Å². The van der Waals surface area contributed by atoms with Crippen LogP contribution in [0, 0.1) is 0 Å². The maximum atomic E-state index is 5.98. The summed E-state index contributed by atoms with van der Waals surface area (Å²) in [6, 6.07) is 4.33. The van der Waals surface area contributed by atoms with Crippen molar-refractivity contribution in [3.8, 4) is 5.75 Å². The molecule has 0 saturated heterocycles. The van der Waals surface area contributed by atoms with Crippen molar-refractivity contribution in [3.63, 3.8) is 0 Å². The molecule has 0 aromatic heterocycles. The summed E-state index contributed by atoms with van der Waals surface area (Å²) in [5, 5.41) is 0. The topological polar surface area (TPSA) is 44.5 Å². The van der Waals surface area contributed by atoms with Crippen molar-refractivity contribution in [1.29, 1.82) is 0 Å². The molecule has 1 rings (SSSR count). The van der Waals surface area contributed by atoms with Gasteiger partial charge in [-0.05, 0) is 69.3 Å². The van der Waals surface area contributed by atoms with E-state index in [9.17, 15) is 0 Å². The summed E-state index contributed by atoms with van der Waals surface area (Å²) in [6.45, 7) is 5.91. The molecule has 1 atom stereocenters. The van der Waals surface area contributed by atoms with E-state index in [1.54, 1.807) is 0 Å². The first-order valence-corrected chi connectivity index (χ1v) is 8.11. The second-order valence-electron chi connectivity index (χ2n) is 4.31. The van der Waals surface area contributed by atoms with Gasteiger partial charge in [-0.25, -0.2) is 0 Å². The first-order chi connectivity index (χ1) is 9.08. The lowest BCUT2D eigenvalue weighted by Gasteiger charge is -2.14. The molecule has 0 fully saturated rings. The molecule has 0 radical (unpaired) electrons. The summed E-state index contributed by atoms with van der Waals surface area (Å²) in [7, 11) is 0. The summed E-state index contributed by atoms with van der Waals surface area (Å²) in [5.41, 5.74) is 7.18. The maximum Gasteiger partial charge on any atom is 0.147 e. The molecular formula is C14H21Br2NO2. The molecule has 108 valence electrons. The lowest BCUT2D eigenvalue weighted by molar-refractivity contribution is 0.109. The van der Waals surface area contributed by atoms with Gasteiger partial charge in [-0.1, -0.05) is 6.92 Å². The van der Waals surface area contributed by atoms with Gasteiger partial charge in [0.25, 0.3) is 0 Å². The molecule has 0 amide bonds. The molecule has 0 heterocycles. The van der Waals surface area contributed by atoms with E-state index < -0.39 is 0 Å². The average Bonchev–Trinajstić information content (AvgIpc) is 2.37. The first kappa shape index (κ1) is 17.0. The van der Waals surface area contributed by atoms with Crippen molar-refractivity contribution in [2.24, 2.45) is 5.73 Å². The molecule has 1 unspecified atom stereocenters. The van der Waals surface area contributed by atoms with Crippen LogP contribution < -0.4 is 10.5 Å². The summed E-state index contributed by atoms with van der Waals surface area (Å²) in [5.74, 6) is 0.813. The minimum atomic E-state index is 0.198. The summed E-state index contributed by atoms with van der Waals surface area (Å²) >= 11 is 7.08. The Balaban J connectivity index is 2.68. The standard InChI is InChI=1S/C14H21Br2NO2/c1-3-11(17)7-10-8-12(15)14(13(16)9-10)19-6-5-18-4-2/h8-9,11H,3-7,17H2,1-2H3. The minimum absolute atomic E-state index is 0.198. The zero-order valence-electron chi connectivity index (χ0n) is 11.4. The van der Waals surface area contributed by atoms with E-state index in [0.717, 1.165) is 27.5 Å². The van der Waals surface area contributed by atoms with E-state index in [2.05, 4.69) is 50.9 Å². The Morgan fingerprint density at radius 2 is 1.79 bits per heavy atom.